The summed E-state index contributed by atoms with van der Waals surface area (Å²) in [4.78, 5) is 12.5. The van der Waals surface area contributed by atoms with Gasteiger partial charge in [-0.3, -0.25) is 4.79 Å². The molecule has 8 nitrogen and oxygen atoms in total. The molecule has 162 valence electrons. The average Bonchev–Trinajstić information content (AvgIpc) is 3.28. The Kier molecular flexibility index (Phi) is 6.98. The molecule has 1 N–H and O–H groups in total. The van der Waals surface area contributed by atoms with Crippen LogP contribution in [-0.4, -0.2) is 38.5 Å². The molecule has 0 bridgehead atoms. The zero-order valence-electron chi connectivity index (χ0n) is 17.3. The van der Waals surface area contributed by atoms with Crippen LogP contribution in [0.1, 0.15) is 6.92 Å². The molecule has 0 fully saturated rings. The van der Waals surface area contributed by atoms with Crippen molar-refractivity contribution in [2.24, 2.45) is 0 Å². The summed E-state index contributed by atoms with van der Waals surface area (Å²) >= 11 is 1.24. The second kappa shape index (κ2) is 10.5. The van der Waals surface area contributed by atoms with Gasteiger partial charge >= 0.3 is 0 Å². The maximum Gasteiger partial charge on any atom is 0.234 e. The lowest BCUT2D eigenvalue weighted by Gasteiger charge is -2.11. The second-order valence-electron chi connectivity index (χ2n) is 6.55. The monoisotopic (exact) mass is 447 g/mol. The molecule has 4 aromatic rings. The minimum Gasteiger partial charge on any atom is -0.492 e. The number of thioether (sulfide) groups is 1. The highest BCUT2D eigenvalue weighted by atomic mass is 32.2. The lowest BCUT2D eigenvalue weighted by atomic mass is 10.3. The van der Waals surface area contributed by atoms with E-state index in [2.05, 4.69) is 20.8 Å². The summed E-state index contributed by atoms with van der Waals surface area (Å²) in [6.07, 6.45) is 0. The van der Waals surface area contributed by atoms with E-state index in [4.69, 9.17) is 9.47 Å². The largest absolute Gasteiger partial charge is 0.492 e. The predicted molar refractivity (Wildman–Crippen MR) is 123 cm³/mol. The summed E-state index contributed by atoms with van der Waals surface area (Å²) < 4.78 is 13.0. The third-order valence-electron chi connectivity index (χ3n) is 4.26. The Labute approximate surface area is 189 Å². The van der Waals surface area contributed by atoms with Gasteiger partial charge in [0.05, 0.1) is 12.4 Å². The van der Waals surface area contributed by atoms with Crippen LogP contribution < -0.4 is 14.8 Å². The summed E-state index contributed by atoms with van der Waals surface area (Å²) in [7, 11) is 0. The first-order valence-corrected chi connectivity index (χ1v) is 11.0. The number of ether oxygens (including phenoxy) is 2. The predicted octanol–water partition coefficient (Wildman–Crippen LogP) is 4.58. The maximum absolute atomic E-state index is 12.5. The van der Waals surface area contributed by atoms with Gasteiger partial charge < -0.3 is 14.8 Å². The molecule has 3 aromatic carbocycles. The Morgan fingerprint density at radius 2 is 1.78 bits per heavy atom. The van der Waals surface area contributed by atoms with Crippen molar-refractivity contribution >= 4 is 23.4 Å². The number of hydrogen-bond acceptors (Lipinski definition) is 7. The van der Waals surface area contributed by atoms with Crippen LogP contribution in [0.25, 0.3) is 5.69 Å². The highest BCUT2D eigenvalue weighted by Gasteiger charge is 2.15. The molecule has 0 spiro atoms. The lowest BCUT2D eigenvalue weighted by Crippen LogP contribution is -2.14. The molecule has 0 saturated carbocycles. The van der Waals surface area contributed by atoms with Crippen molar-refractivity contribution in [1.29, 1.82) is 0 Å². The van der Waals surface area contributed by atoms with Crippen LogP contribution in [-0.2, 0) is 4.79 Å². The van der Waals surface area contributed by atoms with Crippen LogP contribution in [0.4, 0.5) is 5.69 Å². The van der Waals surface area contributed by atoms with Crippen LogP contribution in [0.2, 0.25) is 0 Å². The number of tetrazole rings is 1. The molecule has 4 rings (SSSR count). The molecule has 9 heteroatoms. The van der Waals surface area contributed by atoms with E-state index >= 15 is 0 Å². The zero-order valence-corrected chi connectivity index (χ0v) is 18.2. The molecule has 1 heterocycles. The number of nitrogens with one attached hydrogen (secondary N) is 1. The quantitative estimate of drug-likeness (QED) is 0.375. The van der Waals surface area contributed by atoms with Crippen molar-refractivity contribution in [3.63, 3.8) is 0 Å². The van der Waals surface area contributed by atoms with Gasteiger partial charge in [-0.25, -0.2) is 0 Å². The van der Waals surface area contributed by atoms with E-state index in [1.54, 1.807) is 10.7 Å². The molecule has 1 aromatic heterocycles. The van der Waals surface area contributed by atoms with Crippen molar-refractivity contribution in [3.05, 3.63) is 78.9 Å². The van der Waals surface area contributed by atoms with E-state index in [9.17, 15) is 4.79 Å². The molecule has 0 unspecified atom stereocenters. The van der Waals surface area contributed by atoms with Gasteiger partial charge in [-0.2, -0.15) is 4.68 Å². The number of carbonyl (C=O) groups is 1. The van der Waals surface area contributed by atoms with Crippen molar-refractivity contribution in [1.82, 2.24) is 20.2 Å². The number of carbonyl (C=O) groups excluding carboxylic acids is 1. The minimum atomic E-state index is -0.181. The fourth-order valence-electron chi connectivity index (χ4n) is 2.92. The molecule has 32 heavy (non-hydrogen) atoms. The van der Waals surface area contributed by atoms with Gasteiger partial charge in [-0.05, 0) is 53.7 Å². The molecule has 0 saturated heterocycles. The third kappa shape index (κ3) is 5.44. The number of amides is 1. The van der Waals surface area contributed by atoms with Gasteiger partial charge in [0.15, 0.2) is 0 Å². The van der Waals surface area contributed by atoms with Gasteiger partial charge in [0, 0.05) is 11.8 Å². The molecular formula is C23H21N5O3S. The van der Waals surface area contributed by atoms with E-state index in [0.717, 1.165) is 5.75 Å². The summed E-state index contributed by atoms with van der Waals surface area (Å²) in [5.41, 5.74) is 1.36. The fourth-order valence-corrected chi connectivity index (χ4v) is 3.60. The Bertz CT molecular complexity index is 1180. The molecule has 0 aliphatic carbocycles. The first-order chi connectivity index (χ1) is 15.7. The fraction of sp³-hybridized carbons (Fsp3) is 0.130. The second-order valence-corrected chi connectivity index (χ2v) is 7.50. The number of nitrogens with zero attached hydrogens (tertiary/aromatic N) is 4. The van der Waals surface area contributed by atoms with E-state index < -0.39 is 0 Å². The van der Waals surface area contributed by atoms with Gasteiger partial charge in [0.1, 0.15) is 22.9 Å². The van der Waals surface area contributed by atoms with E-state index in [1.165, 1.54) is 11.8 Å². The normalized spacial score (nSPS) is 10.5. The van der Waals surface area contributed by atoms with E-state index in [1.807, 2.05) is 79.7 Å². The van der Waals surface area contributed by atoms with Crippen molar-refractivity contribution < 1.29 is 14.3 Å². The van der Waals surface area contributed by atoms with Crippen LogP contribution in [0, 0.1) is 0 Å². The molecule has 1 amide bonds. The number of benzene rings is 3. The Morgan fingerprint density at radius 1 is 1.00 bits per heavy atom. The SMILES string of the molecule is CCOc1ccccc1-n1nnnc1SCC(=O)Nc1cccc(Oc2ccccc2)c1. The number of hydrogen-bond donors (Lipinski definition) is 1. The summed E-state index contributed by atoms with van der Waals surface area (Å²) in [6, 6.07) is 24.2. The number of para-hydroxylation sites is 3. The van der Waals surface area contributed by atoms with Crippen LogP contribution in [0.5, 0.6) is 17.2 Å². The first-order valence-electron chi connectivity index (χ1n) is 9.99. The standard InChI is InChI=1S/C23H21N5O3S/c1-2-30-21-14-7-6-13-20(21)28-23(25-26-27-28)32-16-22(29)24-17-9-8-12-19(15-17)31-18-10-4-3-5-11-18/h3-15H,2,16H2,1H3,(H,24,29). The van der Waals surface area contributed by atoms with Crippen LogP contribution >= 0.6 is 11.8 Å². The maximum atomic E-state index is 12.5. The highest BCUT2D eigenvalue weighted by molar-refractivity contribution is 7.99. The van der Waals surface area contributed by atoms with Gasteiger partial charge in [0.2, 0.25) is 11.1 Å². The van der Waals surface area contributed by atoms with Gasteiger partial charge in [-0.1, -0.05) is 48.2 Å². The first kappa shape index (κ1) is 21.4. The number of anilines is 1. The molecular weight excluding hydrogens is 426 g/mol. The Morgan fingerprint density at radius 3 is 2.62 bits per heavy atom. The minimum absolute atomic E-state index is 0.140. The van der Waals surface area contributed by atoms with Crippen molar-refractivity contribution in [2.45, 2.75) is 12.1 Å². The lowest BCUT2D eigenvalue weighted by molar-refractivity contribution is -0.113. The van der Waals surface area contributed by atoms with Crippen LogP contribution in [0.3, 0.4) is 0 Å². The molecule has 0 aliphatic rings. The topological polar surface area (TPSA) is 91.2 Å². The Hall–Kier alpha value is -3.85. The van der Waals surface area contributed by atoms with E-state index in [0.29, 0.717) is 34.6 Å². The number of rotatable bonds is 9. The zero-order chi connectivity index (χ0) is 22.2. The molecule has 0 aliphatic heterocycles. The smallest absolute Gasteiger partial charge is 0.234 e. The summed E-state index contributed by atoms with van der Waals surface area (Å²) in [5.74, 6) is 1.99. The Balaban J connectivity index is 1.39. The van der Waals surface area contributed by atoms with Gasteiger partial charge in [-0.15, -0.1) is 5.10 Å². The average molecular weight is 448 g/mol. The molecule has 0 radical (unpaired) electrons. The molecule has 0 atom stereocenters. The van der Waals surface area contributed by atoms with Crippen molar-refractivity contribution in [2.75, 3.05) is 17.7 Å². The summed E-state index contributed by atoms with van der Waals surface area (Å²) in [5, 5.41) is 15.2. The van der Waals surface area contributed by atoms with Crippen LogP contribution in [0.15, 0.2) is 84.0 Å². The highest BCUT2D eigenvalue weighted by Crippen LogP contribution is 2.27. The number of aromatic nitrogens is 4. The third-order valence-corrected chi connectivity index (χ3v) is 5.18. The van der Waals surface area contributed by atoms with Crippen molar-refractivity contribution in [3.8, 4) is 22.9 Å². The van der Waals surface area contributed by atoms with E-state index in [-0.39, 0.29) is 11.7 Å². The summed E-state index contributed by atoms with van der Waals surface area (Å²) in [6.45, 7) is 2.44. The van der Waals surface area contributed by atoms with Gasteiger partial charge in [0.25, 0.3) is 0 Å².